The Balaban J connectivity index is 0.00000582. The van der Waals surface area contributed by atoms with Crippen molar-refractivity contribution in [1.82, 2.24) is 9.55 Å². The van der Waals surface area contributed by atoms with Gasteiger partial charge in [-0.3, -0.25) is 0 Å². The molecule has 2 aromatic heterocycles. The Kier molecular flexibility index (Phi) is 9.24. The summed E-state index contributed by atoms with van der Waals surface area (Å²) in [5, 5.41) is 1.73. The normalized spacial score (nSPS) is 13.9. The third-order valence-corrected chi connectivity index (χ3v) is 11.9. The van der Waals surface area contributed by atoms with Crippen molar-refractivity contribution in [2.24, 2.45) is 0 Å². The van der Waals surface area contributed by atoms with Crippen LogP contribution in [0.5, 0.6) is 11.5 Å². The van der Waals surface area contributed by atoms with E-state index < -0.39 is 6.85 Å². The van der Waals surface area contributed by atoms with Gasteiger partial charge in [0.2, 0.25) is 0 Å². The minimum absolute atomic E-state index is 0. The standard InChI is InChI=1S/C59H45N4O.Pt/c1-40-35-57(60-38-52(40)43-29-31-44(32-30-43)59(2,3)4)63-53-26-12-11-23-50(53)51-34-33-47(37-56(51)63)64-46-22-15-21-45(36-46)61-39-62(55-28-14-13-27-54(55)61)58-48(41-17-7-5-8-18-41)24-16-25-49(58)42-19-9-6-10-20-42;/h5-35,38-39H,1-4H3;/q-3;/i1D3,15D,21D,22D;. The van der Waals surface area contributed by atoms with Crippen molar-refractivity contribution in [3.05, 3.63) is 224 Å². The van der Waals surface area contributed by atoms with Gasteiger partial charge in [0, 0.05) is 83.5 Å². The number of benzene rings is 8. The first-order valence-electron chi connectivity index (χ1n) is 24.3. The maximum atomic E-state index is 9.27. The number of ether oxygens (including phenoxy) is 1. The summed E-state index contributed by atoms with van der Waals surface area (Å²) >= 11 is 0. The van der Waals surface area contributed by atoms with Gasteiger partial charge >= 0.3 is 0 Å². The van der Waals surface area contributed by atoms with Crippen molar-refractivity contribution >= 4 is 44.6 Å². The maximum absolute atomic E-state index is 9.27. The van der Waals surface area contributed by atoms with Gasteiger partial charge in [0.1, 0.15) is 5.82 Å². The molecule has 0 aliphatic carbocycles. The Morgan fingerprint density at radius 3 is 1.95 bits per heavy atom. The number of aromatic nitrogens is 2. The smallest absolute Gasteiger partial charge is 0.135 e. The number of rotatable bonds is 8. The molecule has 1 aliphatic heterocycles. The fourth-order valence-corrected chi connectivity index (χ4v) is 8.69. The number of anilines is 4. The summed E-state index contributed by atoms with van der Waals surface area (Å²) in [7, 11) is 0. The van der Waals surface area contributed by atoms with E-state index in [4.69, 9.17) is 16.6 Å². The molecule has 0 radical (unpaired) electrons. The van der Waals surface area contributed by atoms with Gasteiger partial charge in [-0.15, -0.1) is 48.0 Å². The molecule has 5 nitrogen and oxygen atoms in total. The van der Waals surface area contributed by atoms with Crippen molar-refractivity contribution in [3.63, 3.8) is 0 Å². The first-order chi connectivity index (χ1) is 33.7. The van der Waals surface area contributed by atoms with E-state index in [0.29, 0.717) is 16.9 Å². The molecule has 0 saturated carbocycles. The molecule has 3 heterocycles. The molecular weight excluding hydrogens is 976 g/mol. The summed E-state index contributed by atoms with van der Waals surface area (Å²) in [6.07, 6.45) is 1.63. The zero-order valence-corrected chi connectivity index (χ0v) is 38.1. The van der Waals surface area contributed by atoms with Crippen LogP contribution in [0.1, 0.15) is 40.1 Å². The van der Waals surface area contributed by atoms with E-state index in [2.05, 4.69) is 80.3 Å². The average Bonchev–Trinajstić information content (AvgIpc) is 3.92. The number of hydrogen-bond acceptors (Lipinski definition) is 4. The summed E-state index contributed by atoms with van der Waals surface area (Å²) in [4.78, 5) is 8.85. The first-order valence-corrected chi connectivity index (χ1v) is 21.3. The van der Waals surface area contributed by atoms with Gasteiger partial charge < -0.3 is 19.1 Å². The van der Waals surface area contributed by atoms with Crippen LogP contribution < -0.4 is 14.5 Å². The van der Waals surface area contributed by atoms with Gasteiger partial charge in [-0.25, -0.2) is 4.98 Å². The van der Waals surface area contributed by atoms with Gasteiger partial charge in [0.25, 0.3) is 0 Å². The van der Waals surface area contributed by atoms with Crippen LogP contribution in [0.3, 0.4) is 0 Å². The van der Waals surface area contributed by atoms with E-state index in [1.807, 2.05) is 131 Å². The first kappa shape index (κ1) is 35.2. The van der Waals surface area contributed by atoms with E-state index in [9.17, 15) is 1.37 Å². The van der Waals surface area contributed by atoms with Crippen LogP contribution in [0.4, 0.5) is 22.7 Å². The molecule has 0 bridgehead atoms. The Labute approximate surface area is 403 Å². The number of fused-ring (bicyclic) bond motifs is 4. The fraction of sp³-hybridized carbons (Fsp3) is 0.0847. The van der Waals surface area contributed by atoms with E-state index in [1.54, 1.807) is 18.3 Å². The van der Waals surface area contributed by atoms with Crippen LogP contribution >= 0.6 is 0 Å². The summed E-state index contributed by atoms with van der Waals surface area (Å²) in [5.41, 5.74) is 10.7. The molecule has 6 heteroatoms. The van der Waals surface area contributed by atoms with Gasteiger partial charge in [-0.1, -0.05) is 160 Å². The van der Waals surface area contributed by atoms with Crippen LogP contribution in [0.25, 0.3) is 61.0 Å². The molecule has 0 atom stereocenters. The molecule has 0 spiro atoms. The molecule has 0 N–H and O–H groups in total. The average molecular weight is 1030 g/mol. The van der Waals surface area contributed by atoms with Gasteiger partial charge in [0.05, 0.1) is 0 Å². The number of aryl methyl sites for hydroxylation is 1. The molecule has 0 fully saturated rings. The molecule has 10 aromatic rings. The van der Waals surface area contributed by atoms with Crippen LogP contribution in [0, 0.1) is 25.7 Å². The van der Waals surface area contributed by atoms with Crippen LogP contribution in [0.2, 0.25) is 0 Å². The van der Waals surface area contributed by atoms with Crippen molar-refractivity contribution in [2.45, 2.75) is 33.0 Å². The SMILES string of the molecule is [2H]c1c(Oc2[c-]c3c(cc2)c2ccccc2n3-c2cc(C([2H])([2H])[2H])c(-c3ccc(C(C)(C)C)cc3)cn2)[c-]c(N2[CH-]N(c3c(-c4ccccc4)cccc3-c3ccccc3)c3ccccc32)c([2H])c1[2H].[Pt]. The van der Waals surface area contributed by atoms with Gasteiger partial charge in [-0.2, -0.15) is 12.1 Å². The molecule has 1 aliphatic rings. The largest absolute Gasteiger partial charge is 0.509 e. The van der Waals surface area contributed by atoms with Gasteiger partial charge in [0.15, 0.2) is 0 Å². The predicted octanol–water partition coefficient (Wildman–Crippen LogP) is 15.6. The zero-order chi connectivity index (χ0) is 48.5. The number of hydrogen-bond donors (Lipinski definition) is 0. The number of pyridine rings is 1. The van der Waals surface area contributed by atoms with Crippen molar-refractivity contribution < 1.29 is 34.0 Å². The van der Waals surface area contributed by atoms with Crippen LogP contribution in [0.15, 0.2) is 194 Å². The molecule has 65 heavy (non-hydrogen) atoms. The Bertz CT molecular complexity index is 3570. The summed E-state index contributed by atoms with van der Waals surface area (Å²) in [5.74, 6) is 0.561. The van der Waals surface area contributed by atoms with E-state index in [-0.39, 0.29) is 67.4 Å². The fourth-order valence-electron chi connectivity index (χ4n) is 8.69. The van der Waals surface area contributed by atoms with Crippen molar-refractivity contribution in [3.8, 4) is 50.7 Å². The van der Waals surface area contributed by atoms with E-state index >= 15 is 0 Å². The second kappa shape index (κ2) is 17.1. The van der Waals surface area contributed by atoms with E-state index in [0.717, 1.165) is 66.7 Å². The summed E-state index contributed by atoms with van der Waals surface area (Å²) in [6.45, 7) is 5.88. The van der Waals surface area contributed by atoms with Crippen molar-refractivity contribution in [2.75, 3.05) is 9.80 Å². The zero-order valence-electron chi connectivity index (χ0n) is 41.8. The maximum Gasteiger partial charge on any atom is 0.135 e. The Hall–Kier alpha value is -7.20. The molecule has 320 valence electrons. The molecule has 0 amide bonds. The minimum atomic E-state index is -2.46. The van der Waals surface area contributed by atoms with Gasteiger partial charge in [-0.05, 0) is 72.5 Å². The number of nitrogens with zero attached hydrogens (tertiary/aromatic N) is 4. The minimum Gasteiger partial charge on any atom is -0.509 e. The van der Waals surface area contributed by atoms with Crippen LogP contribution in [-0.2, 0) is 26.5 Å². The van der Waals surface area contributed by atoms with Crippen molar-refractivity contribution in [1.29, 1.82) is 0 Å². The third kappa shape index (κ3) is 7.70. The molecule has 0 saturated heterocycles. The number of para-hydroxylation sites is 4. The van der Waals surface area contributed by atoms with E-state index in [1.165, 1.54) is 0 Å². The summed E-state index contributed by atoms with van der Waals surface area (Å²) in [6, 6.07) is 61.6. The predicted molar refractivity (Wildman–Crippen MR) is 264 cm³/mol. The topological polar surface area (TPSA) is 33.5 Å². The molecular formula is C59H45N4OPt-3. The quantitative estimate of drug-likeness (QED) is 0.142. The Morgan fingerprint density at radius 1 is 0.615 bits per heavy atom. The third-order valence-electron chi connectivity index (χ3n) is 11.9. The molecule has 8 aromatic carbocycles. The molecule has 0 unspecified atom stereocenters. The monoisotopic (exact) mass is 1030 g/mol. The Morgan fingerprint density at radius 2 is 1.26 bits per heavy atom. The van der Waals surface area contributed by atoms with Crippen LogP contribution in [-0.4, -0.2) is 9.55 Å². The second-order valence-corrected chi connectivity index (χ2v) is 16.9. The second-order valence-electron chi connectivity index (χ2n) is 16.9. The molecule has 11 rings (SSSR count). The summed E-state index contributed by atoms with van der Waals surface area (Å²) < 4.78 is 61.7.